The molecule has 17 heavy (non-hydrogen) atoms. The van der Waals surface area contributed by atoms with Crippen LogP contribution in [0, 0.1) is 0 Å². The van der Waals surface area contributed by atoms with Crippen LogP contribution in [0.1, 0.15) is 51.4 Å². The molecule has 3 amide bonds. The third kappa shape index (κ3) is 6.81. The minimum atomic E-state index is -0.482. The van der Waals surface area contributed by atoms with E-state index in [4.69, 9.17) is 5.73 Å². The number of rotatable bonds is 7. The summed E-state index contributed by atoms with van der Waals surface area (Å²) in [5.41, 5.74) is 4.93. The van der Waals surface area contributed by atoms with Crippen LogP contribution in [-0.2, 0) is 4.79 Å². The van der Waals surface area contributed by atoms with Crippen molar-refractivity contribution in [2.24, 2.45) is 5.73 Å². The van der Waals surface area contributed by atoms with E-state index in [1.54, 1.807) is 0 Å². The van der Waals surface area contributed by atoms with E-state index in [9.17, 15) is 9.59 Å². The number of primary amides is 1. The third-order valence-corrected chi connectivity index (χ3v) is 3.10. The molecular formula is C12H23N3O2. The van der Waals surface area contributed by atoms with E-state index in [1.165, 1.54) is 12.8 Å². The van der Waals surface area contributed by atoms with Gasteiger partial charge in [0.15, 0.2) is 0 Å². The summed E-state index contributed by atoms with van der Waals surface area (Å²) in [5, 5.41) is 5.59. The van der Waals surface area contributed by atoms with E-state index < -0.39 is 6.03 Å². The highest BCUT2D eigenvalue weighted by molar-refractivity contribution is 5.76. The SMILES string of the molecule is NC(=O)NCCCCCC(=O)NC1CCCC1. The van der Waals surface area contributed by atoms with Crippen LogP contribution < -0.4 is 16.4 Å². The van der Waals surface area contributed by atoms with Crippen molar-refractivity contribution in [3.63, 3.8) is 0 Å². The zero-order valence-corrected chi connectivity index (χ0v) is 10.3. The molecule has 0 heterocycles. The summed E-state index contributed by atoms with van der Waals surface area (Å²) in [6.45, 7) is 0.597. The highest BCUT2D eigenvalue weighted by Gasteiger charge is 2.16. The molecule has 5 nitrogen and oxygen atoms in total. The van der Waals surface area contributed by atoms with Crippen LogP contribution >= 0.6 is 0 Å². The maximum absolute atomic E-state index is 11.5. The predicted octanol–water partition coefficient (Wildman–Crippen LogP) is 1.27. The number of unbranched alkanes of at least 4 members (excludes halogenated alkanes) is 2. The minimum Gasteiger partial charge on any atom is -0.353 e. The lowest BCUT2D eigenvalue weighted by Gasteiger charge is -2.11. The Morgan fingerprint density at radius 2 is 1.82 bits per heavy atom. The molecule has 0 aromatic rings. The highest BCUT2D eigenvalue weighted by atomic mass is 16.2. The lowest BCUT2D eigenvalue weighted by atomic mass is 10.1. The number of amides is 3. The lowest BCUT2D eigenvalue weighted by Crippen LogP contribution is -2.32. The maximum Gasteiger partial charge on any atom is 0.312 e. The predicted molar refractivity (Wildman–Crippen MR) is 66.5 cm³/mol. The van der Waals surface area contributed by atoms with Crippen LogP contribution in [0.25, 0.3) is 0 Å². The summed E-state index contributed by atoms with van der Waals surface area (Å²) < 4.78 is 0. The Morgan fingerprint density at radius 3 is 2.47 bits per heavy atom. The van der Waals surface area contributed by atoms with Crippen molar-refractivity contribution < 1.29 is 9.59 Å². The highest BCUT2D eigenvalue weighted by Crippen LogP contribution is 2.17. The Kier molecular flexibility index (Phi) is 6.43. The first-order chi connectivity index (χ1) is 8.18. The third-order valence-electron chi connectivity index (χ3n) is 3.10. The molecule has 1 aliphatic rings. The first-order valence-electron chi connectivity index (χ1n) is 6.51. The van der Waals surface area contributed by atoms with Gasteiger partial charge >= 0.3 is 6.03 Å². The molecule has 1 saturated carbocycles. The standard InChI is InChI=1S/C12H23N3O2/c13-12(17)14-9-5-1-2-8-11(16)15-10-6-3-4-7-10/h10H,1-9H2,(H,15,16)(H3,13,14,17). The molecule has 0 aromatic heterocycles. The largest absolute Gasteiger partial charge is 0.353 e. The zero-order chi connectivity index (χ0) is 12.5. The molecule has 0 spiro atoms. The van der Waals surface area contributed by atoms with Gasteiger partial charge in [0.2, 0.25) is 5.91 Å². The molecule has 1 rings (SSSR count). The summed E-state index contributed by atoms with van der Waals surface area (Å²) in [4.78, 5) is 21.9. The van der Waals surface area contributed by atoms with Gasteiger partial charge in [0.25, 0.3) is 0 Å². The number of nitrogens with two attached hydrogens (primary N) is 1. The molecule has 1 aliphatic carbocycles. The van der Waals surface area contributed by atoms with E-state index in [1.807, 2.05) is 0 Å². The maximum atomic E-state index is 11.5. The quantitative estimate of drug-likeness (QED) is 0.586. The summed E-state index contributed by atoms with van der Waals surface area (Å²) in [5.74, 6) is 0.166. The van der Waals surface area contributed by atoms with Gasteiger partial charge in [0.05, 0.1) is 0 Å². The van der Waals surface area contributed by atoms with Gasteiger partial charge in [-0.15, -0.1) is 0 Å². The molecular weight excluding hydrogens is 218 g/mol. The average Bonchev–Trinajstić information content (AvgIpc) is 2.75. The number of carbonyl (C=O) groups is 2. The Bertz CT molecular complexity index is 250. The molecule has 0 saturated heterocycles. The van der Waals surface area contributed by atoms with Gasteiger partial charge in [-0.2, -0.15) is 0 Å². The minimum absolute atomic E-state index is 0.166. The van der Waals surface area contributed by atoms with Gasteiger partial charge in [-0.05, 0) is 25.7 Å². The molecule has 0 unspecified atom stereocenters. The van der Waals surface area contributed by atoms with Crippen molar-refractivity contribution in [3.05, 3.63) is 0 Å². The molecule has 0 aliphatic heterocycles. The van der Waals surface area contributed by atoms with E-state index in [-0.39, 0.29) is 5.91 Å². The van der Waals surface area contributed by atoms with Crippen molar-refractivity contribution in [2.75, 3.05) is 6.54 Å². The molecule has 1 fully saturated rings. The van der Waals surface area contributed by atoms with E-state index >= 15 is 0 Å². The van der Waals surface area contributed by atoms with Gasteiger partial charge in [0, 0.05) is 19.0 Å². The normalized spacial score (nSPS) is 15.8. The first kappa shape index (κ1) is 13.8. The van der Waals surface area contributed by atoms with Gasteiger partial charge in [-0.3, -0.25) is 4.79 Å². The number of hydrogen-bond donors (Lipinski definition) is 3. The fourth-order valence-corrected chi connectivity index (χ4v) is 2.17. The van der Waals surface area contributed by atoms with Gasteiger partial charge in [-0.1, -0.05) is 19.3 Å². The molecule has 0 radical (unpaired) electrons. The van der Waals surface area contributed by atoms with Crippen molar-refractivity contribution in [2.45, 2.75) is 57.4 Å². The Balaban J connectivity index is 1.91. The van der Waals surface area contributed by atoms with Crippen molar-refractivity contribution in [3.8, 4) is 0 Å². The Labute approximate surface area is 103 Å². The first-order valence-corrected chi connectivity index (χ1v) is 6.51. The van der Waals surface area contributed by atoms with Crippen molar-refractivity contribution in [1.82, 2.24) is 10.6 Å². The summed E-state index contributed by atoms with van der Waals surface area (Å²) in [6.07, 6.45) is 8.03. The molecule has 98 valence electrons. The number of hydrogen-bond acceptors (Lipinski definition) is 2. The van der Waals surface area contributed by atoms with Crippen molar-refractivity contribution in [1.29, 1.82) is 0 Å². The Hall–Kier alpha value is -1.26. The second-order valence-electron chi connectivity index (χ2n) is 4.65. The van der Waals surface area contributed by atoms with Gasteiger partial charge < -0.3 is 16.4 Å². The fraction of sp³-hybridized carbons (Fsp3) is 0.833. The summed E-state index contributed by atoms with van der Waals surface area (Å²) in [6, 6.07) is -0.0667. The average molecular weight is 241 g/mol. The van der Waals surface area contributed by atoms with Crippen LogP contribution in [0.2, 0.25) is 0 Å². The number of carbonyl (C=O) groups excluding carboxylic acids is 2. The van der Waals surface area contributed by atoms with Gasteiger partial charge in [0.1, 0.15) is 0 Å². The smallest absolute Gasteiger partial charge is 0.312 e. The van der Waals surface area contributed by atoms with Crippen LogP contribution in [0.5, 0.6) is 0 Å². The molecule has 0 atom stereocenters. The second-order valence-corrected chi connectivity index (χ2v) is 4.65. The van der Waals surface area contributed by atoms with Crippen LogP contribution in [0.4, 0.5) is 4.79 Å². The van der Waals surface area contributed by atoms with E-state index in [0.717, 1.165) is 32.1 Å². The fourth-order valence-electron chi connectivity index (χ4n) is 2.17. The Morgan fingerprint density at radius 1 is 1.12 bits per heavy atom. The lowest BCUT2D eigenvalue weighted by molar-refractivity contribution is -0.121. The molecule has 0 bridgehead atoms. The van der Waals surface area contributed by atoms with Crippen LogP contribution in [0.3, 0.4) is 0 Å². The summed E-state index contributed by atoms with van der Waals surface area (Å²) in [7, 11) is 0. The number of nitrogens with one attached hydrogen (secondary N) is 2. The van der Waals surface area contributed by atoms with E-state index in [0.29, 0.717) is 19.0 Å². The van der Waals surface area contributed by atoms with E-state index in [2.05, 4.69) is 10.6 Å². The van der Waals surface area contributed by atoms with Crippen molar-refractivity contribution >= 4 is 11.9 Å². The van der Waals surface area contributed by atoms with Gasteiger partial charge in [-0.25, -0.2) is 4.79 Å². The topological polar surface area (TPSA) is 84.2 Å². The van der Waals surface area contributed by atoms with Crippen LogP contribution in [-0.4, -0.2) is 24.5 Å². The number of urea groups is 1. The zero-order valence-electron chi connectivity index (χ0n) is 10.3. The monoisotopic (exact) mass is 241 g/mol. The molecule has 0 aromatic carbocycles. The molecule has 4 N–H and O–H groups in total. The van der Waals surface area contributed by atoms with Crippen LogP contribution in [0.15, 0.2) is 0 Å². The second kappa shape index (κ2) is 7.92. The summed E-state index contributed by atoms with van der Waals surface area (Å²) >= 11 is 0. The molecule has 5 heteroatoms.